The average molecular weight is 269 g/mol. The normalized spacial score (nSPS) is 9.41. The van der Waals surface area contributed by atoms with E-state index in [1.165, 1.54) is 12.1 Å². The number of nitrogens with two attached hydrogens (primary N) is 1. The average Bonchev–Trinajstić information content (AvgIpc) is 2.26. The van der Waals surface area contributed by atoms with Crippen LogP contribution in [0.1, 0.15) is 5.56 Å². The first-order valence-electron chi connectivity index (χ1n) is 4.49. The van der Waals surface area contributed by atoms with Gasteiger partial charge in [0.25, 0.3) is 0 Å². The summed E-state index contributed by atoms with van der Waals surface area (Å²) in [6.45, 7) is 0. The number of carbonyl (C=O) groups is 1. The van der Waals surface area contributed by atoms with Crippen molar-refractivity contribution in [3.63, 3.8) is 0 Å². The van der Waals surface area contributed by atoms with Gasteiger partial charge in [-0.15, -0.1) is 0 Å². The highest BCUT2D eigenvalue weighted by Crippen LogP contribution is 2.20. The molecule has 0 heterocycles. The maximum Gasteiger partial charge on any atom is 0.234 e. The lowest BCUT2D eigenvalue weighted by Crippen LogP contribution is -2.17. The van der Waals surface area contributed by atoms with E-state index in [9.17, 15) is 4.79 Å². The number of halogens is 1. The van der Waals surface area contributed by atoms with Crippen LogP contribution in [0.25, 0.3) is 0 Å². The zero-order valence-corrected chi connectivity index (χ0v) is 10.2. The third-order valence-electron chi connectivity index (χ3n) is 1.73. The van der Waals surface area contributed by atoms with Gasteiger partial charge in [0.2, 0.25) is 5.91 Å². The van der Waals surface area contributed by atoms with Gasteiger partial charge in [-0.1, -0.05) is 23.4 Å². The third-order valence-corrected chi connectivity index (χ3v) is 2.76. The smallest absolute Gasteiger partial charge is 0.234 e. The minimum absolute atomic E-state index is 0.0625. The molecule has 0 aromatic heterocycles. The SMILES string of the molecule is N#Cc1ccc(NC(=O)CSC(=N)N)cc1Cl. The van der Waals surface area contributed by atoms with Crippen LogP contribution in [0.2, 0.25) is 5.02 Å². The summed E-state index contributed by atoms with van der Waals surface area (Å²) in [5.41, 5.74) is 5.96. The number of rotatable bonds is 3. The number of nitrogens with one attached hydrogen (secondary N) is 2. The monoisotopic (exact) mass is 268 g/mol. The van der Waals surface area contributed by atoms with Crippen LogP contribution in [-0.4, -0.2) is 16.8 Å². The second-order valence-corrected chi connectivity index (χ2v) is 4.43. The molecule has 5 nitrogen and oxygen atoms in total. The second-order valence-electron chi connectivity index (χ2n) is 3.01. The molecule has 0 bridgehead atoms. The lowest BCUT2D eigenvalue weighted by molar-refractivity contribution is -0.113. The summed E-state index contributed by atoms with van der Waals surface area (Å²) in [6, 6.07) is 6.53. The number of hydrogen-bond acceptors (Lipinski definition) is 4. The maximum absolute atomic E-state index is 11.4. The van der Waals surface area contributed by atoms with Crippen molar-refractivity contribution in [2.24, 2.45) is 5.73 Å². The Hall–Kier alpha value is -1.71. The second kappa shape index (κ2) is 6.13. The Morgan fingerprint density at radius 3 is 2.88 bits per heavy atom. The molecule has 1 aromatic rings. The fourth-order valence-electron chi connectivity index (χ4n) is 1.02. The van der Waals surface area contributed by atoms with E-state index < -0.39 is 0 Å². The molecule has 0 aliphatic carbocycles. The van der Waals surface area contributed by atoms with Gasteiger partial charge < -0.3 is 11.1 Å². The predicted molar refractivity (Wildman–Crippen MR) is 69.2 cm³/mol. The lowest BCUT2D eigenvalue weighted by Gasteiger charge is -2.05. The van der Waals surface area contributed by atoms with Crippen molar-refractivity contribution in [3.05, 3.63) is 28.8 Å². The Balaban J connectivity index is 2.64. The van der Waals surface area contributed by atoms with Gasteiger partial charge in [0.15, 0.2) is 5.17 Å². The Morgan fingerprint density at radius 2 is 2.35 bits per heavy atom. The maximum atomic E-state index is 11.4. The molecule has 17 heavy (non-hydrogen) atoms. The van der Waals surface area contributed by atoms with E-state index >= 15 is 0 Å². The summed E-state index contributed by atoms with van der Waals surface area (Å²) < 4.78 is 0. The topological polar surface area (TPSA) is 103 Å². The van der Waals surface area contributed by atoms with Gasteiger partial charge in [-0.3, -0.25) is 10.2 Å². The summed E-state index contributed by atoms with van der Waals surface area (Å²) >= 11 is 6.74. The van der Waals surface area contributed by atoms with Gasteiger partial charge >= 0.3 is 0 Å². The largest absolute Gasteiger partial charge is 0.379 e. The Labute approximate surface area is 107 Å². The molecule has 4 N–H and O–H groups in total. The van der Waals surface area contributed by atoms with Crippen LogP contribution in [0.5, 0.6) is 0 Å². The van der Waals surface area contributed by atoms with Crippen LogP contribution in [0.15, 0.2) is 18.2 Å². The van der Waals surface area contributed by atoms with Gasteiger partial charge in [-0.2, -0.15) is 5.26 Å². The van der Waals surface area contributed by atoms with Gasteiger partial charge in [0.1, 0.15) is 6.07 Å². The van der Waals surface area contributed by atoms with Crippen LogP contribution < -0.4 is 11.1 Å². The van der Waals surface area contributed by atoms with E-state index in [0.29, 0.717) is 11.3 Å². The van der Waals surface area contributed by atoms with Crippen molar-refractivity contribution in [2.45, 2.75) is 0 Å². The molecular weight excluding hydrogens is 260 g/mol. The van der Waals surface area contributed by atoms with Crippen LogP contribution in [-0.2, 0) is 4.79 Å². The minimum Gasteiger partial charge on any atom is -0.379 e. The zero-order valence-electron chi connectivity index (χ0n) is 8.66. The van der Waals surface area contributed by atoms with Crippen molar-refractivity contribution < 1.29 is 4.79 Å². The molecule has 0 fully saturated rings. The van der Waals surface area contributed by atoms with Gasteiger partial charge in [0.05, 0.1) is 16.3 Å². The van der Waals surface area contributed by atoms with E-state index in [4.69, 9.17) is 28.0 Å². The van der Waals surface area contributed by atoms with E-state index in [1.54, 1.807) is 6.07 Å². The van der Waals surface area contributed by atoms with Gasteiger partial charge in [-0.25, -0.2) is 0 Å². The minimum atomic E-state index is -0.286. The standard InChI is InChI=1S/C10H9ClN4OS/c11-8-3-7(2-1-6(8)4-12)15-9(16)5-17-10(13)14/h1-3H,5H2,(H3,13,14)(H,15,16). The number of anilines is 1. The molecule has 0 radical (unpaired) electrons. The highest BCUT2D eigenvalue weighted by molar-refractivity contribution is 8.14. The van der Waals surface area contributed by atoms with Crippen molar-refractivity contribution in [1.82, 2.24) is 0 Å². The quantitative estimate of drug-likeness (QED) is 0.574. The number of amidine groups is 1. The highest BCUT2D eigenvalue weighted by atomic mass is 35.5. The molecule has 1 aromatic carbocycles. The molecule has 0 atom stereocenters. The number of thioether (sulfide) groups is 1. The van der Waals surface area contributed by atoms with Crippen LogP contribution in [0.4, 0.5) is 5.69 Å². The van der Waals surface area contributed by atoms with Gasteiger partial charge in [-0.05, 0) is 18.2 Å². The van der Waals surface area contributed by atoms with Crippen molar-refractivity contribution >= 4 is 40.1 Å². The van der Waals surface area contributed by atoms with Crippen molar-refractivity contribution in [3.8, 4) is 6.07 Å². The molecule has 1 rings (SSSR count). The highest BCUT2D eigenvalue weighted by Gasteiger charge is 2.06. The van der Waals surface area contributed by atoms with Crippen LogP contribution in [0.3, 0.4) is 0 Å². The molecule has 0 aliphatic rings. The molecule has 7 heteroatoms. The Kier molecular flexibility index (Phi) is 4.82. The fourth-order valence-corrected chi connectivity index (χ4v) is 1.61. The molecule has 1 amide bonds. The Bertz CT molecular complexity index is 498. The zero-order chi connectivity index (χ0) is 12.8. The molecule has 0 aliphatic heterocycles. The van der Waals surface area contributed by atoms with E-state index in [1.807, 2.05) is 6.07 Å². The lowest BCUT2D eigenvalue weighted by atomic mass is 10.2. The summed E-state index contributed by atoms with van der Waals surface area (Å²) in [5.74, 6) is -0.224. The molecule has 88 valence electrons. The number of hydrogen-bond donors (Lipinski definition) is 3. The fraction of sp³-hybridized carbons (Fsp3) is 0.100. The van der Waals surface area contributed by atoms with Crippen molar-refractivity contribution in [1.29, 1.82) is 10.7 Å². The predicted octanol–water partition coefficient (Wildman–Crippen LogP) is 1.78. The van der Waals surface area contributed by atoms with Crippen LogP contribution in [0, 0.1) is 16.7 Å². The molecular formula is C10H9ClN4OS. The number of nitrogens with zero attached hydrogens (tertiary/aromatic N) is 1. The summed E-state index contributed by atoms with van der Waals surface area (Å²) in [7, 11) is 0. The molecule has 0 spiro atoms. The van der Waals surface area contributed by atoms with Crippen LogP contribution >= 0.6 is 23.4 Å². The molecule has 0 unspecified atom stereocenters. The summed E-state index contributed by atoms with van der Waals surface area (Å²) in [4.78, 5) is 11.4. The van der Waals surface area contributed by atoms with E-state index in [-0.39, 0.29) is 21.9 Å². The molecule has 0 saturated heterocycles. The Morgan fingerprint density at radius 1 is 1.65 bits per heavy atom. The number of nitriles is 1. The summed E-state index contributed by atoms with van der Waals surface area (Å²) in [6.07, 6.45) is 0. The third kappa shape index (κ3) is 4.34. The van der Waals surface area contributed by atoms with E-state index in [2.05, 4.69) is 5.32 Å². The first kappa shape index (κ1) is 13.4. The number of carbonyl (C=O) groups excluding carboxylic acids is 1. The first-order valence-corrected chi connectivity index (χ1v) is 5.85. The van der Waals surface area contributed by atoms with E-state index in [0.717, 1.165) is 11.8 Å². The first-order chi connectivity index (χ1) is 8.02. The molecule has 0 saturated carbocycles. The van der Waals surface area contributed by atoms with Crippen molar-refractivity contribution in [2.75, 3.05) is 11.1 Å². The van der Waals surface area contributed by atoms with Gasteiger partial charge in [0, 0.05) is 5.69 Å². The summed E-state index contributed by atoms with van der Waals surface area (Å²) in [5, 5.41) is 18.4. The number of benzene rings is 1. The number of amides is 1.